The molecule has 1 heterocycles. The Morgan fingerprint density at radius 3 is 2.50 bits per heavy atom. The quantitative estimate of drug-likeness (QED) is 0.434. The molecule has 0 saturated heterocycles. The number of aromatic nitrogens is 2. The average molecular weight is 377 g/mol. The molecular formula is C18H23N3O4S. The number of hydrogen-bond acceptors (Lipinski definition) is 6. The van der Waals surface area contributed by atoms with Crippen LogP contribution in [0.3, 0.4) is 0 Å². The van der Waals surface area contributed by atoms with Gasteiger partial charge < -0.3 is 9.64 Å². The van der Waals surface area contributed by atoms with Crippen LogP contribution in [0.2, 0.25) is 0 Å². The molecule has 2 aromatic rings. The predicted molar refractivity (Wildman–Crippen MR) is 101 cm³/mol. The van der Waals surface area contributed by atoms with Crippen molar-refractivity contribution in [2.75, 3.05) is 21.2 Å². The molecule has 7 nitrogen and oxygen atoms in total. The fraction of sp³-hybridized carbons (Fsp3) is 0.444. The first-order valence-corrected chi connectivity index (χ1v) is 9.08. The summed E-state index contributed by atoms with van der Waals surface area (Å²) in [5.41, 5.74) is 0.198. The molecule has 140 valence electrons. The Hall–Kier alpha value is -2.35. The summed E-state index contributed by atoms with van der Waals surface area (Å²) in [6.45, 7) is 3.61. The number of hydrogen-bond donors (Lipinski definition) is 0. The molecule has 0 aliphatic heterocycles. The third-order valence-electron chi connectivity index (χ3n) is 3.86. The largest absolute Gasteiger partial charge is 0.468 e. The lowest BCUT2D eigenvalue weighted by atomic mass is 10.1. The summed E-state index contributed by atoms with van der Waals surface area (Å²) in [7, 11) is 4.64. The lowest BCUT2D eigenvalue weighted by Crippen LogP contribution is -2.36. The summed E-state index contributed by atoms with van der Waals surface area (Å²) in [4.78, 5) is 43.2. The zero-order valence-corrected chi connectivity index (χ0v) is 16.4. The van der Waals surface area contributed by atoms with Gasteiger partial charge in [-0.3, -0.25) is 19.0 Å². The number of methoxy groups -OCH3 is 1. The molecule has 1 amide bonds. The maximum Gasteiger partial charge on any atom is 0.325 e. The number of esters is 1. The molecule has 1 unspecified atom stereocenters. The minimum Gasteiger partial charge on any atom is -0.468 e. The second kappa shape index (κ2) is 8.35. The van der Waals surface area contributed by atoms with Crippen molar-refractivity contribution in [1.29, 1.82) is 0 Å². The van der Waals surface area contributed by atoms with Crippen LogP contribution in [0.4, 0.5) is 0 Å². The molecule has 0 fully saturated rings. The van der Waals surface area contributed by atoms with Gasteiger partial charge in [0, 0.05) is 14.1 Å². The normalized spacial score (nSPS) is 12.2. The third kappa shape index (κ3) is 4.24. The van der Waals surface area contributed by atoms with Crippen LogP contribution in [-0.2, 0) is 20.9 Å². The number of benzene rings is 1. The summed E-state index contributed by atoms with van der Waals surface area (Å²) >= 11 is 1.19. The van der Waals surface area contributed by atoms with E-state index in [2.05, 4.69) is 4.98 Å². The Morgan fingerprint density at radius 2 is 1.92 bits per heavy atom. The van der Waals surface area contributed by atoms with Crippen LogP contribution in [0.5, 0.6) is 0 Å². The maximum absolute atomic E-state index is 12.9. The number of carbonyl (C=O) groups excluding carboxylic acids is 2. The van der Waals surface area contributed by atoms with E-state index in [1.165, 1.54) is 28.3 Å². The number of fused-ring (bicyclic) bond motifs is 1. The number of rotatable bonds is 6. The van der Waals surface area contributed by atoms with Crippen molar-refractivity contribution in [2.45, 2.75) is 30.8 Å². The summed E-state index contributed by atoms with van der Waals surface area (Å²) in [5, 5.41) is 0.316. The van der Waals surface area contributed by atoms with Gasteiger partial charge in [0.15, 0.2) is 5.16 Å². The number of thioether (sulfide) groups is 1. The molecule has 0 radical (unpaired) electrons. The Kier molecular flexibility index (Phi) is 6.42. The molecule has 0 aliphatic carbocycles. The summed E-state index contributed by atoms with van der Waals surface area (Å²) in [5.74, 6) is -0.604. The molecule has 0 N–H and O–H groups in total. The van der Waals surface area contributed by atoms with Gasteiger partial charge in [0.25, 0.3) is 5.56 Å². The number of para-hydroxylation sites is 1. The van der Waals surface area contributed by atoms with Crippen molar-refractivity contribution >= 4 is 34.5 Å². The molecular weight excluding hydrogens is 354 g/mol. The van der Waals surface area contributed by atoms with Gasteiger partial charge in [-0.1, -0.05) is 37.7 Å². The first-order chi connectivity index (χ1) is 12.3. The van der Waals surface area contributed by atoms with E-state index < -0.39 is 11.2 Å². The number of carbonyl (C=O) groups is 2. The smallest absolute Gasteiger partial charge is 0.325 e. The second-order valence-corrected chi connectivity index (χ2v) is 7.50. The van der Waals surface area contributed by atoms with Crippen LogP contribution in [0.25, 0.3) is 10.9 Å². The van der Waals surface area contributed by atoms with Gasteiger partial charge >= 0.3 is 5.97 Å². The van der Waals surface area contributed by atoms with Gasteiger partial charge in [0.05, 0.1) is 23.3 Å². The van der Waals surface area contributed by atoms with Crippen LogP contribution >= 0.6 is 11.8 Å². The van der Waals surface area contributed by atoms with Crippen molar-refractivity contribution in [3.63, 3.8) is 0 Å². The van der Waals surface area contributed by atoms with E-state index in [1.807, 2.05) is 13.8 Å². The predicted octanol–water partition coefficient (Wildman–Crippen LogP) is 1.77. The van der Waals surface area contributed by atoms with Gasteiger partial charge in [-0.25, -0.2) is 4.98 Å². The van der Waals surface area contributed by atoms with Gasteiger partial charge in [-0.05, 0) is 18.1 Å². The van der Waals surface area contributed by atoms with Crippen LogP contribution in [0, 0.1) is 5.92 Å². The number of nitrogens with zero attached hydrogens (tertiary/aromatic N) is 3. The second-order valence-electron chi connectivity index (χ2n) is 6.39. The minimum atomic E-state index is -0.550. The Labute approximate surface area is 156 Å². The Balaban J connectivity index is 2.59. The minimum absolute atomic E-state index is 0.0184. The molecule has 0 bridgehead atoms. The zero-order chi connectivity index (χ0) is 19.4. The highest BCUT2D eigenvalue weighted by Gasteiger charge is 2.28. The first kappa shape index (κ1) is 20.0. The highest BCUT2D eigenvalue weighted by Crippen LogP contribution is 2.28. The maximum atomic E-state index is 12.9. The molecule has 0 saturated carbocycles. The fourth-order valence-electron chi connectivity index (χ4n) is 2.41. The third-order valence-corrected chi connectivity index (χ3v) is 5.39. The summed E-state index contributed by atoms with van der Waals surface area (Å²) in [6, 6.07) is 6.94. The van der Waals surface area contributed by atoms with E-state index in [1.54, 1.807) is 38.4 Å². The lowest BCUT2D eigenvalue weighted by Gasteiger charge is -2.24. The summed E-state index contributed by atoms with van der Waals surface area (Å²) in [6.07, 6.45) is 0. The van der Waals surface area contributed by atoms with E-state index in [9.17, 15) is 14.4 Å². The van der Waals surface area contributed by atoms with E-state index in [0.717, 1.165) is 0 Å². The van der Waals surface area contributed by atoms with Crippen molar-refractivity contribution in [3.8, 4) is 0 Å². The van der Waals surface area contributed by atoms with Crippen LogP contribution < -0.4 is 5.56 Å². The molecule has 1 aromatic carbocycles. The van der Waals surface area contributed by atoms with Gasteiger partial charge in [-0.15, -0.1) is 0 Å². The van der Waals surface area contributed by atoms with Gasteiger partial charge in [0.1, 0.15) is 6.54 Å². The number of amides is 1. The van der Waals surface area contributed by atoms with Crippen molar-refractivity contribution < 1.29 is 14.3 Å². The van der Waals surface area contributed by atoms with E-state index >= 15 is 0 Å². The van der Waals surface area contributed by atoms with Crippen molar-refractivity contribution in [2.24, 2.45) is 5.92 Å². The average Bonchev–Trinajstić information content (AvgIpc) is 2.61. The Morgan fingerprint density at radius 1 is 1.27 bits per heavy atom. The molecule has 2 rings (SSSR count). The number of ether oxygens (including phenoxy) is 1. The van der Waals surface area contributed by atoms with E-state index in [-0.39, 0.29) is 23.9 Å². The molecule has 0 spiro atoms. The monoisotopic (exact) mass is 377 g/mol. The van der Waals surface area contributed by atoms with Crippen molar-refractivity contribution in [1.82, 2.24) is 14.5 Å². The SMILES string of the molecule is COC(=O)Cn1c(SC(C(=O)N(C)C)C(C)C)nc2ccccc2c1=O. The first-order valence-electron chi connectivity index (χ1n) is 8.20. The van der Waals surface area contributed by atoms with Crippen molar-refractivity contribution in [3.05, 3.63) is 34.6 Å². The Bertz CT molecular complexity index is 876. The van der Waals surface area contributed by atoms with E-state index in [0.29, 0.717) is 16.1 Å². The molecule has 1 aromatic heterocycles. The molecule has 8 heteroatoms. The van der Waals surface area contributed by atoms with Gasteiger partial charge in [0.2, 0.25) is 5.91 Å². The lowest BCUT2D eigenvalue weighted by molar-refractivity contribution is -0.141. The molecule has 0 aliphatic rings. The van der Waals surface area contributed by atoms with Gasteiger partial charge in [-0.2, -0.15) is 0 Å². The van der Waals surface area contributed by atoms with Crippen LogP contribution in [0.15, 0.2) is 34.2 Å². The van der Waals surface area contributed by atoms with Crippen LogP contribution in [-0.4, -0.2) is 52.8 Å². The fourth-order valence-corrected chi connectivity index (χ4v) is 3.65. The van der Waals surface area contributed by atoms with E-state index in [4.69, 9.17) is 4.74 Å². The molecule has 26 heavy (non-hydrogen) atoms. The highest BCUT2D eigenvalue weighted by molar-refractivity contribution is 8.00. The molecule has 1 atom stereocenters. The standard InChI is InChI=1S/C18H23N3O4S/c1-11(2)15(17(24)20(3)4)26-18-19-13-9-7-6-8-12(13)16(23)21(18)10-14(22)25-5/h6-9,11,15H,10H2,1-5H3. The summed E-state index contributed by atoms with van der Waals surface area (Å²) < 4.78 is 5.98. The zero-order valence-electron chi connectivity index (χ0n) is 15.6. The highest BCUT2D eigenvalue weighted by atomic mass is 32.2. The van der Waals surface area contributed by atoms with Crippen LogP contribution in [0.1, 0.15) is 13.8 Å². The topological polar surface area (TPSA) is 81.5 Å².